The maximum Gasteiger partial charge on any atom is 0.141 e. The van der Waals surface area contributed by atoms with Crippen LogP contribution in [0, 0.1) is 0 Å². The van der Waals surface area contributed by atoms with E-state index in [9.17, 15) is 0 Å². The highest BCUT2D eigenvalue weighted by Crippen LogP contribution is 2.26. The van der Waals surface area contributed by atoms with Gasteiger partial charge in [-0.25, -0.2) is 4.98 Å². The number of nitrogen functional groups attached to an aromatic ring is 1. The number of nitrogens with two attached hydrogens (primary N) is 1. The number of likely N-dealkylation sites (tertiary alicyclic amines) is 1. The Bertz CT molecular complexity index is 556. The predicted molar refractivity (Wildman–Crippen MR) is 81.1 cm³/mol. The Balaban J connectivity index is 1.78. The molecule has 20 heavy (non-hydrogen) atoms. The van der Waals surface area contributed by atoms with Crippen LogP contribution in [0.2, 0.25) is 0 Å². The van der Waals surface area contributed by atoms with Crippen LogP contribution in [0.15, 0.2) is 36.7 Å². The third kappa shape index (κ3) is 2.65. The molecule has 0 bridgehead atoms. The van der Waals surface area contributed by atoms with E-state index in [1.807, 2.05) is 0 Å². The molecule has 1 aliphatic rings. The summed E-state index contributed by atoms with van der Waals surface area (Å²) in [5.41, 5.74) is 8.86. The molecule has 1 aromatic heterocycles. The quantitative estimate of drug-likeness (QED) is 0.930. The van der Waals surface area contributed by atoms with E-state index in [1.54, 1.807) is 12.4 Å². The molecule has 3 rings (SSSR count). The smallest absolute Gasteiger partial charge is 0.141 e. The average Bonchev–Trinajstić information content (AvgIpc) is 3.02. The van der Waals surface area contributed by atoms with Crippen LogP contribution < -0.4 is 5.73 Å². The van der Waals surface area contributed by atoms with Crippen molar-refractivity contribution < 1.29 is 0 Å². The molecule has 0 amide bonds. The third-order valence-corrected chi connectivity index (χ3v) is 4.05. The minimum atomic E-state index is 0.452. The molecular weight excluding hydrogens is 248 g/mol. The molecule has 0 unspecified atom stereocenters. The summed E-state index contributed by atoms with van der Waals surface area (Å²) in [6.07, 6.45) is 5.96. The van der Waals surface area contributed by atoms with E-state index in [4.69, 9.17) is 5.73 Å². The summed E-state index contributed by atoms with van der Waals surface area (Å²) in [6, 6.07) is 9.10. The Morgan fingerprint density at radius 1 is 1.05 bits per heavy atom. The van der Waals surface area contributed by atoms with E-state index in [0.29, 0.717) is 11.9 Å². The van der Waals surface area contributed by atoms with Crippen LogP contribution in [-0.2, 0) is 0 Å². The van der Waals surface area contributed by atoms with Crippen molar-refractivity contribution in [1.29, 1.82) is 0 Å². The van der Waals surface area contributed by atoms with Crippen LogP contribution in [0.4, 0.5) is 5.82 Å². The monoisotopic (exact) mass is 268 g/mol. The number of rotatable bonds is 3. The molecule has 0 radical (unpaired) electrons. The fraction of sp³-hybridized carbons (Fsp3) is 0.375. The lowest BCUT2D eigenvalue weighted by molar-refractivity contribution is 0.263. The van der Waals surface area contributed by atoms with Gasteiger partial charge in [-0.05, 0) is 38.4 Å². The number of hydrogen-bond acceptors (Lipinski definition) is 4. The zero-order valence-electron chi connectivity index (χ0n) is 11.8. The summed E-state index contributed by atoms with van der Waals surface area (Å²) in [6.45, 7) is 4.71. The van der Waals surface area contributed by atoms with Crippen molar-refractivity contribution in [1.82, 2.24) is 14.9 Å². The van der Waals surface area contributed by atoms with Crippen molar-refractivity contribution in [3.05, 3.63) is 42.2 Å². The van der Waals surface area contributed by atoms with Gasteiger partial charge in [-0.1, -0.05) is 24.3 Å². The van der Waals surface area contributed by atoms with Crippen LogP contribution >= 0.6 is 0 Å². The largest absolute Gasteiger partial charge is 0.382 e. The summed E-state index contributed by atoms with van der Waals surface area (Å²) in [5, 5.41) is 0. The van der Waals surface area contributed by atoms with Gasteiger partial charge in [-0.3, -0.25) is 9.88 Å². The van der Waals surface area contributed by atoms with Crippen LogP contribution in [0.25, 0.3) is 11.3 Å². The second kappa shape index (κ2) is 5.59. The minimum Gasteiger partial charge on any atom is -0.382 e. The van der Waals surface area contributed by atoms with Gasteiger partial charge in [0.05, 0.1) is 18.1 Å². The Morgan fingerprint density at radius 2 is 1.75 bits per heavy atom. The van der Waals surface area contributed by atoms with E-state index < -0.39 is 0 Å². The average molecular weight is 268 g/mol. The first-order valence-corrected chi connectivity index (χ1v) is 7.16. The zero-order valence-corrected chi connectivity index (χ0v) is 11.8. The Morgan fingerprint density at radius 3 is 2.35 bits per heavy atom. The van der Waals surface area contributed by atoms with Crippen molar-refractivity contribution >= 4 is 5.82 Å². The van der Waals surface area contributed by atoms with E-state index in [0.717, 1.165) is 11.3 Å². The van der Waals surface area contributed by atoms with Crippen molar-refractivity contribution in [2.45, 2.75) is 25.8 Å². The molecule has 0 saturated carbocycles. The lowest BCUT2D eigenvalue weighted by Gasteiger charge is -2.24. The molecule has 2 aromatic rings. The fourth-order valence-corrected chi connectivity index (χ4v) is 2.76. The van der Waals surface area contributed by atoms with Gasteiger partial charge in [0, 0.05) is 11.6 Å². The van der Waals surface area contributed by atoms with Gasteiger partial charge in [-0.2, -0.15) is 0 Å². The summed E-state index contributed by atoms with van der Waals surface area (Å²) in [4.78, 5) is 10.9. The van der Waals surface area contributed by atoms with Gasteiger partial charge in [-0.15, -0.1) is 0 Å². The van der Waals surface area contributed by atoms with Crippen LogP contribution in [0.3, 0.4) is 0 Å². The second-order valence-corrected chi connectivity index (χ2v) is 5.37. The molecule has 1 atom stereocenters. The fourth-order valence-electron chi connectivity index (χ4n) is 2.76. The first kappa shape index (κ1) is 13.1. The SMILES string of the molecule is C[C@@H](c1ccc(-c2cnc(N)cn2)cc1)N1CCCC1. The maximum atomic E-state index is 5.56. The highest BCUT2D eigenvalue weighted by Gasteiger charge is 2.19. The normalized spacial score (nSPS) is 17.2. The van der Waals surface area contributed by atoms with E-state index >= 15 is 0 Å². The Hall–Kier alpha value is -1.94. The highest BCUT2D eigenvalue weighted by molar-refractivity contribution is 5.59. The Kier molecular flexibility index (Phi) is 3.65. The Labute approximate surface area is 119 Å². The van der Waals surface area contributed by atoms with Crippen molar-refractivity contribution in [3.8, 4) is 11.3 Å². The summed E-state index contributed by atoms with van der Waals surface area (Å²) in [5.74, 6) is 0.452. The second-order valence-electron chi connectivity index (χ2n) is 5.37. The zero-order chi connectivity index (χ0) is 13.9. The standard InChI is InChI=1S/C16H20N4/c1-12(20-8-2-3-9-20)13-4-6-14(7-5-13)15-10-19-16(17)11-18-15/h4-7,10-12H,2-3,8-9H2,1H3,(H2,17,19)/t12-/m0/s1. The molecule has 1 aliphatic heterocycles. The lowest BCUT2D eigenvalue weighted by Crippen LogP contribution is -2.23. The number of anilines is 1. The number of aromatic nitrogens is 2. The van der Waals surface area contributed by atoms with Crippen LogP contribution in [0.5, 0.6) is 0 Å². The molecule has 1 saturated heterocycles. The number of nitrogens with zero attached hydrogens (tertiary/aromatic N) is 3. The van der Waals surface area contributed by atoms with Crippen LogP contribution in [0.1, 0.15) is 31.4 Å². The molecule has 2 N–H and O–H groups in total. The maximum absolute atomic E-state index is 5.56. The molecule has 2 heterocycles. The summed E-state index contributed by atoms with van der Waals surface area (Å²) >= 11 is 0. The van der Waals surface area contributed by atoms with Gasteiger partial charge in [0.2, 0.25) is 0 Å². The van der Waals surface area contributed by atoms with Gasteiger partial charge >= 0.3 is 0 Å². The first-order valence-electron chi connectivity index (χ1n) is 7.16. The molecular formula is C16H20N4. The minimum absolute atomic E-state index is 0.452. The molecule has 0 aliphatic carbocycles. The lowest BCUT2D eigenvalue weighted by atomic mass is 10.0. The van der Waals surface area contributed by atoms with Gasteiger partial charge in [0.1, 0.15) is 5.82 Å². The number of hydrogen-bond donors (Lipinski definition) is 1. The molecule has 4 heteroatoms. The van der Waals surface area contributed by atoms with E-state index in [1.165, 1.54) is 31.5 Å². The number of benzene rings is 1. The highest BCUT2D eigenvalue weighted by atomic mass is 15.2. The molecule has 4 nitrogen and oxygen atoms in total. The van der Waals surface area contributed by atoms with Crippen molar-refractivity contribution in [2.75, 3.05) is 18.8 Å². The van der Waals surface area contributed by atoms with Gasteiger partial charge in [0.15, 0.2) is 0 Å². The van der Waals surface area contributed by atoms with Crippen molar-refractivity contribution in [2.24, 2.45) is 0 Å². The third-order valence-electron chi connectivity index (χ3n) is 4.05. The molecule has 104 valence electrons. The van der Waals surface area contributed by atoms with Gasteiger partial charge in [0.25, 0.3) is 0 Å². The van der Waals surface area contributed by atoms with Crippen molar-refractivity contribution in [3.63, 3.8) is 0 Å². The van der Waals surface area contributed by atoms with Gasteiger partial charge < -0.3 is 5.73 Å². The molecule has 1 fully saturated rings. The molecule has 0 spiro atoms. The molecule has 1 aromatic carbocycles. The van der Waals surface area contributed by atoms with E-state index in [2.05, 4.69) is 46.1 Å². The summed E-state index contributed by atoms with van der Waals surface area (Å²) in [7, 11) is 0. The topological polar surface area (TPSA) is 55.0 Å². The summed E-state index contributed by atoms with van der Waals surface area (Å²) < 4.78 is 0. The van der Waals surface area contributed by atoms with Crippen LogP contribution in [-0.4, -0.2) is 28.0 Å². The first-order chi connectivity index (χ1) is 9.74. The predicted octanol–water partition coefficient (Wildman–Crippen LogP) is 2.88. The van der Waals surface area contributed by atoms with E-state index in [-0.39, 0.29) is 0 Å².